The van der Waals surface area contributed by atoms with Gasteiger partial charge in [-0.15, -0.1) is 0 Å². The third-order valence-corrected chi connectivity index (χ3v) is 2.42. The van der Waals surface area contributed by atoms with Crippen LogP contribution >= 0.6 is 11.6 Å². The van der Waals surface area contributed by atoms with Gasteiger partial charge >= 0.3 is 0 Å². The number of imide groups is 2. The van der Waals surface area contributed by atoms with E-state index in [-0.39, 0.29) is 5.03 Å². The summed E-state index contributed by atoms with van der Waals surface area (Å²) < 4.78 is 0. The molecule has 0 aromatic carbocycles. The second kappa shape index (κ2) is 3.57. The predicted octanol–water partition coefficient (Wildman–Crippen LogP) is -0.640. The van der Waals surface area contributed by atoms with Crippen molar-refractivity contribution < 1.29 is 19.2 Å². The third kappa shape index (κ3) is 1.53. The number of carbonyl (C=O) groups excluding carboxylic acids is 4. The zero-order valence-electron chi connectivity index (χ0n) is 7.84. The molecule has 0 radical (unpaired) electrons. The highest BCUT2D eigenvalue weighted by molar-refractivity contribution is 6.46. The van der Waals surface area contributed by atoms with E-state index in [4.69, 9.17) is 11.6 Å². The zero-order chi connectivity index (χ0) is 11.9. The number of hydrogen-bond acceptors (Lipinski definition) is 4. The van der Waals surface area contributed by atoms with Gasteiger partial charge in [-0.2, -0.15) is 0 Å². The molecular weight excluding hydrogens is 236 g/mol. The van der Waals surface area contributed by atoms with Crippen molar-refractivity contribution in [3.63, 3.8) is 0 Å². The highest BCUT2D eigenvalue weighted by Gasteiger charge is 2.34. The lowest BCUT2D eigenvalue weighted by molar-refractivity contribution is -0.145. The van der Waals surface area contributed by atoms with Crippen LogP contribution in [0, 0.1) is 0 Å². The van der Waals surface area contributed by atoms with Crippen LogP contribution in [0.2, 0.25) is 0 Å². The average Bonchev–Trinajstić information content (AvgIpc) is 2.65. The van der Waals surface area contributed by atoms with Gasteiger partial charge in [-0.3, -0.25) is 29.0 Å². The third-order valence-electron chi connectivity index (χ3n) is 2.15. The van der Waals surface area contributed by atoms with Crippen LogP contribution in [0.4, 0.5) is 0 Å². The average molecular weight is 241 g/mol. The maximum Gasteiger partial charge on any atom is 0.273 e. The molecule has 2 rings (SSSR count). The van der Waals surface area contributed by atoms with Gasteiger partial charge in [0.15, 0.2) is 0 Å². The maximum absolute atomic E-state index is 11.4. The molecule has 0 spiro atoms. The molecule has 82 valence electrons. The lowest BCUT2D eigenvalue weighted by Crippen LogP contribution is -2.44. The fraction of sp³-hybridized carbons (Fsp3) is 0.111. The Kier molecular flexibility index (Phi) is 2.35. The van der Waals surface area contributed by atoms with Crippen molar-refractivity contribution >= 4 is 35.2 Å². The van der Waals surface area contributed by atoms with Crippen molar-refractivity contribution in [1.82, 2.24) is 9.80 Å². The molecule has 0 unspecified atom stereocenters. The summed E-state index contributed by atoms with van der Waals surface area (Å²) in [5.41, 5.74) is 0. The molecular formula is C9H5ClN2O4. The second-order valence-corrected chi connectivity index (χ2v) is 3.55. The molecule has 2 aliphatic heterocycles. The monoisotopic (exact) mass is 240 g/mol. The van der Waals surface area contributed by atoms with Crippen LogP contribution in [-0.2, 0) is 19.2 Å². The van der Waals surface area contributed by atoms with E-state index >= 15 is 0 Å². The van der Waals surface area contributed by atoms with Crippen LogP contribution in [0.3, 0.4) is 0 Å². The minimum atomic E-state index is -0.709. The summed E-state index contributed by atoms with van der Waals surface area (Å²) in [6.07, 6.45) is 3.09. The van der Waals surface area contributed by atoms with E-state index in [9.17, 15) is 19.2 Å². The van der Waals surface area contributed by atoms with Crippen LogP contribution < -0.4 is 0 Å². The van der Waals surface area contributed by atoms with E-state index in [2.05, 4.69) is 0 Å². The molecule has 0 atom stereocenters. The minimum Gasteiger partial charge on any atom is -0.269 e. The van der Waals surface area contributed by atoms with E-state index in [0.717, 1.165) is 28.0 Å². The summed E-state index contributed by atoms with van der Waals surface area (Å²) in [6, 6.07) is 0. The molecule has 2 heterocycles. The molecule has 0 saturated heterocycles. The van der Waals surface area contributed by atoms with Crippen molar-refractivity contribution in [3.05, 3.63) is 23.3 Å². The standard InChI is InChI=1S/C9H5ClN2O4/c10-5-3-8(15)12(9(5)16)4-11-6(13)1-2-7(11)14/h1-3H,4H2. The quantitative estimate of drug-likeness (QED) is 0.602. The number of amides is 4. The first kappa shape index (κ1) is 10.6. The Morgan fingerprint density at radius 3 is 1.94 bits per heavy atom. The smallest absolute Gasteiger partial charge is 0.269 e. The number of nitrogens with zero attached hydrogens (tertiary/aromatic N) is 2. The van der Waals surface area contributed by atoms with Crippen LogP contribution in [0.15, 0.2) is 23.3 Å². The molecule has 0 bridgehead atoms. The van der Waals surface area contributed by atoms with Crippen molar-refractivity contribution in [3.8, 4) is 0 Å². The van der Waals surface area contributed by atoms with Crippen molar-refractivity contribution in [2.75, 3.05) is 6.67 Å². The van der Waals surface area contributed by atoms with E-state index in [1.165, 1.54) is 0 Å². The first-order chi connectivity index (χ1) is 7.50. The Balaban J connectivity index is 2.13. The fourth-order valence-corrected chi connectivity index (χ4v) is 1.52. The number of hydrogen-bond donors (Lipinski definition) is 0. The lowest BCUT2D eigenvalue weighted by atomic mass is 10.5. The predicted molar refractivity (Wildman–Crippen MR) is 51.6 cm³/mol. The van der Waals surface area contributed by atoms with Gasteiger partial charge in [0, 0.05) is 18.2 Å². The number of rotatable bonds is 2. The van der Waals surface area contributed by atoms with Gasteiger partial charge in [-0.1, -0.05) is 11.6 Å². The van der Waals surface area contributed by atoms with Crippen LogP contribution in [0.5, 0.6) is 0 Å². The Hall–Kier alpha value is -1.95. The second-order valence-electron chi connectivity index (χ2n) is 3.14. The minimum absolute atomic E-state index is 0.225. The van der Waals surface area contributed by atoms with Crippen LogP contribution in [0.1, 0.15) is 0 Å². The summed E-state index contributed by atoms with van der Waals surface area (Å²) in [5.74, 6) is -2.47. The molecule has 7 heteroatoms. The van der Waals surface area contributed by atoms with Crippen molar-refractivity contribution in [2.45, 2.75) is 0 Å². The van der Waals surface area contributed by atoms with Crippen molar-refractivity contribution in [1.29, 1.82) is 0 Å². The summed E-state index contributed by atoms with van der Waals surface area (Å²) in [5, 5.41) is -0.225. The molecule has 0 N–H and O–H groups in total. The molecule has 0 saturated carbocycles. The molecule has 2 aliphatic rings. The molecule has 0 fully saturated rings. The fourth-order valence-electron chi connectivity index (χ4n) is 1.32. The molecule has 16 heavy (non-hydrogen) atoms. The summed E-state index contributed by atoms with van der Waals surface area (Å²) in [6.45, 7) is -0.408. The molecule has 0 aromatic rings. The zero-order valence-corrected chi connectivity index (χ0v) is 8.60. The number of halogens is 1. The summed E-state index contributed by atoms with van der Waals surface area (Å²) >= 11 is 5.46. The van der Waals surface area contributed by atoms with Crippen LogP contribution in [0.25, 0.3) is 0 Å². The SMILES string of the molecule is O=C1C=CC(=O)N1CN1C(=O)C=C(Cl)C1=O. The van der Waals surface area contributed by atoms with E-state index < -0.39 is 30.3 Å². The lowest BCUT2D eigenvalue weighted by Gasteiger charge is -2.20. The maximum atomic E-state index is 11.4. The Labute approximate surface area is 94.7 Å². The van der Waals surface area contributed by atoms with Gasteiger partial charge < -0.3 is 0 Å². The molecule has 4 amide bonds. The first-order valence-electron chi connectivity index (χ1n) is 4.27. The normalized spacial score (nSPS) is 20.2. The Bertz CT molecular complexity index is 462. The van der Waals surface area contributed by atoms with Gasteiger partial charge in [0.1, 0.15) is 11.7 Å². The van der Waals surface area contributed by atoms with Gasteiger partial charge in [0.2, 0.25) is 0 Å². The Morgan fingerprint density at radius 1 is 0.938 bits per heavy atom. The molecule has 6 nitrogen and oxygen atoms in total. The van der Waals surface area contributed by atoms with Crippen molar-refractivity contribution in [2.24, 2.45) is 0 Å². The molecule has 0 aromatic heterocycles. The van der Waals surface area contributed by atoms with E-state index in [0.29, 0.717) is 0 Å². The topological polar surface area (TPSA) is 74.8 Å². The first-order valence-corrected chi connectivity index (χ1v) is 4.65. The van der Waals surface area contributed by atoms with Gasteiger partial charge in [-0.05, 0) is 0 Å². The highest BCUT2D eigenvalue weighted by atomic mass is 35.5. The van der Waals surface area contributed by atoms with Crippen LogP contribution in [-0.4, -0.2) is 40.1 Å². The van der Waals surface area contributed by atoms with E-state index in [1.54, 1.807) is 0 Å². The highest BCUT2D eigenvalue weighted by Crippen LogP contribution is 2.17. The summed E-state index contributed by atoms with van der Waals surface area (Å²) in [4.78, 5) is 46.5. The Morgan fingerprint density at radius 2 is 1.50 bits per heavy atom. The number of carbonyl (C=O) groups is 4. The molecule has 0 aliphatic carbocycles. The van der Waals surface area contributed by atoms with Gasteiger partial charge in [0.05, 0.1) is 0 Å². The van der Waals surface area contributed by atoms with E-state index in [1.807, 2.05) is 0 Å². The summed E-state index contributed by atoms with van der Waals surface area (Å²) in [7, 11) is 0. The van der Waals surface area contributed by atoms with Gasteiger partial charge in [0.25, 0.3) is 23.6 Å². The van der Waals surface area contributed by atoms with Gasteiger partial charge in [-0.25, -0.2) is 0 Å². The largest absolute Gasteiger partial charge is 0.273 e.